The summed E-state index contributed by atoms with van der Waals surface area (Å²) in [6.45, 7) is 1.37. The van der Waals surface area contributed by atoms with Gasteiger partial charge < -0.3 is 15.2 Å². The van der Waals surface area contributed by atoms with Gasteiger partial charge in [0.25, 0.3) is 5.91 Å². The molecule has 2 rings (SSSR count). The van der Waals surface area contributed by atoms with E-state index in [0.717, 1.165) is 12.0 Å². The molecule has 6 heteroatoms. The lowest BCUT2D eigenvalue weighted by atomic mass is 9.77. The Morgan fingerprint density at radius 3 is 2.70 bits per heavy atom. The first-order chi connectivity index (χ1) is 9.43. The van der Waals surface area contributed by atoms with Crippen molar-refractivity contribution >= 4 is 11.9 Å². The highest BCUT2D eigenvalue weighted by Gasteiger charge is 2.45. The molecule has 1 fully saturated rings. The number of aliphatic carboxylic acids is 1. The summed E-state index contributed by atoms with van der Waals surface area (Å²) in [5, 5.41) is 11.5. The van der Waals surface area contributed by atoms with Crippen LogP contribution in [0.15, 0.2) is 18.2 Å². The molecule has 1 aromatic rings. The molecule has 0 unspecified atom stereocenters. The van der Waals surface area contributed by atoms with Crippen LogP contribution in [0.1, 0.15) is 24.8 Å². The van der Waals surface area contributed by atoms with E-state index in [-0.39, 0.29) is 5.75 Å². The number of carboxylic acids is 1. The molecule has 1 aliphatic rings. The van der Waals surface area contributed by atoms with E-state index < -0.39 is 29.8 Å². The number of hydrogen-bond acceptors (Lipinski definition) is 3. The summed E-state index contributed by atoms with van der Waals surface area (Å²) in [6.07, 6.45) is 1.58. The van der Waals surface area contributed by atoms with E-state index in [1.54, 1.807) is 13.0 Å². The molecular weight excluding hydrogens is 265 g/mol. The molecule has 0 aliphatic heterocycles. The minimum absolute atomic E-state index is 0.0156. The highest BCUT2D eigenvalue weighted by molar-refractivity contribution is 5.88. The van der Waals surface area contributed by atoms with Crippen molar-refractivity contribution in [1.29, 1.82) is 0 Å². The van der Waals surface area contributed by atoms with Crippen LogP contribution in [0.5, 0.6) is 5.75 Å². The smallest absolute Gasteiger partial charge is 0.329 e. The largest absolute Gasteiger partial charge is 0.481 e. The molecule has 0 atom stereocenters. The van der Waals surface area contributed by atoms with Crippen LogP contribution in [0.4, 0.5) is 4.39 Å². The molecule has 0 saturated heterocycles. The third kappa shape index (κ3) is 2.89. The van der Waals surface area contributed by atoms with Gasteiger partial charge in [-0.15, -0.1) is 0 Å². The van der Waals surface area contributed by atoms with Crippen LogP contribution in [0.25, 0.3) is 0 Å². The van der Waals surface area contributed by atoms with Gasteiger partial charge in [-0.1, -0.05) is 6.07 Å². The minimum Gasteiger partial charge on any atom is -0.481 e. The van der Waals surface area contributed by atoms with Crippen molar-refractivity contribution in [3.63, 3.8) is 0 Å². The van der Waals surface area contributed by atoms with Crippen LogP contribution < -0.4 is 10.1 Å². The summed E-state index contributed by atoms with van der Waals surface area (Å²) in [6, 6.07) is 4.34. The van der Waals surface area contributed by atoms with E-state index >= 15 is 0 Å². The Morgan fingerprint density at radius 2 is 2.15 bits per heavy atom. The maximum absolute atomic E-state index is 13.4. The molecule has 0 spiro atoms. The molecule has 0 radical (unpaired) electrons. The first-order valence-electron chi connectivity index (χ1n) is 6.36. The Kier molecular flexibility index (Phi) is 3.92. The highest BCUT2D eigenvalue weighted by Crippen LogP contribution is 2.32. The number of amides is 1. The van der Waals surface area contributed by atoms with E-state index in [1.165, 1.54) is 12.1 Å². The number of carboxylic acid groups (broad SMARTS) is 1. The quantitative estimate of drug-likeness (QED) is 0.860. The van der Waals surface area contributed by atoms with Gasteiger partial charge in [0.2, 0.25) is 0 Å². The van der Waals surface area contributed by atoms with Crippen LogP contribution in [0, 0.1) is 12.7 Å². The summed E-state index contributed by atoms with van der Waals surface area (Å²) in [7, 11) is 0. The number of benzene rings is 1. The van der Waals surface area contributed by atoms with Crippen LogP contribution in [-0.2, 0) is 9.59 Å². The van der Waals surface area contributed by atoms with Gasteiger partial charge in [-0.25, -0.2) is 9.18 Å². The van der Waals surface area contributed by atoms with Gasteiger partial charge in [-0.3, -0.25) is 4.79 Å². The van der Waals surface area contributed by atoms with Gasteiger partial charge in [0.15, 0.2) is 18.2 Å². The summed E-state index contributed by atoms with van der Waals surface area (Å²) >= 11 is 0. The molecule has 1 aliphatic carbocycles. The fourth-order valence-electron chi connectivity index (χ4n) is 2.09. The van der Waals surface area contributed by atoms with Crippen LogP contribution in [-0.4, -0.2) is 29.1 Å². The Balaban J connectivity index is 1.92. The third-order valence-electron chi connectivity index (χ3n) is 3.44. The molecule has 0 bridgehead atoms. The molecule has 20 heavy (non-hydrogen) atoms. The molecule has 5 nitrogen and oxygen atoms in total. The molecule has 108 valence electrons. The van der Waals surface area contributed by atoms with E-state index in [4.69, 9.17) is 9.84 Å². The number of ether oxygens (including phenoxy) is 1. The van der Waals surface area contributed by atoms with Gasteiger partial charge in [0.1, 0.15) is 5.54 Å². The molecule has 0 aromatic heterocycles. The Bertz CT molecular complexity index is 540. The number of carbonyl (C=O) groups excluding carboxylic acids is 1. The Labute approximate surface area is 115 Å². The zero-order chi connectivity index (χ0) is 14.8. The van der Waals surface area contributed by atoms with Gasteiger partial charge in [-0.2, -0.15) is 0 Å². The first-order valence-corrected chi connectivity index (χ1v) is 6.36. The zero-order valence-corrected chi connectivity index (χ0v) is 11.1. The number of hydrogen-bond donors (Lipinski definition) is 2. The Morgan fingerprint density at radius 1 is 1.45 bits per heavy atom. The number of halogens is 1. The topological polar surface area (TPSA) is 75.6 Å². The normalized spacial score (nSPS) is 16.1. The van der Waals surface area contributed by atoms with Crippen molar-refractivity contribution in [2.45, 2.75) is 31.7 Å². The second-order valence-electron chi connectivity index (χ2n) is 5.01. The first kappa shape index (κ1) is 14.3. The summed E-state index contributed by atoms with van der Waals surface area (Å²) in [5.74, 6) is -2.18. The van der Waals surface area contributed by atoms with E-state index in [0.29, 0.717) is 12.8 Å². The lowest BCUT2D eigenvalue weighted by Gasteiger charge is -2.38. The van der Waals surface area contributed by atoms with E-state index in [2.05, 4.69) is 5.32 Å². The highest BCUT2D eigenvalue weighted by atomic mass is 19.1. The average Bonchev–Trinajstić information content (AvgIpc) is 2.34. The maximum Gasteiger partial charge on any atom is 0.329 e. The van der Waals surface area contributed by atoms with Gasteiger partial charge in [0.05, 0.1) is 0 Å². The number of nitrogens with one attached hydrogen (secondary N) is 1. The van der Waals surface area contributed by atoms with Crippen molar-refractivity contribution in [3.8, 4) is 5.75 Å². The molecule has 1 aromatic carbocycles. The maximum atomic E-state index is 13.4. The summed E-state index contributed by atoms with van der Waals surface area (Å²) in [4.78, 5) is 22.8. The van der Waals surface area contributed by atoms with Gasteiger partial charge >= 0.3 is 5.97 Å². The summed E-state index contributed by atoms with van der Waals surface area (Å²) in [5.41, 5.74) is -0.367. The second kappa shape index (κ2) is 5.48. The standard InChI is InChI=1S/C14H16FNO4/c1-9-3-4-10(15)11(7-9)20-8-12(17)16-14(13(18)19)5-2-6-14/h3-4,7H,2,5-6,8H2,1H3,(H,16,17)(H,18,19). The number of rotatable bonds is 5. The Hall–Kier alpha value is -2.11. The van der Waals surface area contributed by atoms with Crippen molar-refractivity contribution in [1.82, 2.24) is 5.32 Å². The molecular formula is C14H16FNO4. The second-order valence-corrected chi connectivity index (χ2v) is 5.01. The van der Waals surface area contributed by atoms with E-state index in [9.17, 15) is 14.0 Å². The predicted octanol–water partition coefficient (Wildman–Crippen LogP) is 1.64. The summed E-state index contributed by atoms with van der Waals surface area (Å²) < 4.78 is 18.5. The van der Waals surface area contributed by atoms with Crippen LogP contribution >= 0.6 is 0 Å². The van der Waals surface area contributed by atoms with Crippen molar-refractivity contribution in [3.05, 3.63) is 29.6 Å². The monoisotopic (exact) mass is 281 g/mol. The number of aryl methyl sites for hydroxylation is 1. The molecule has 1 saturated carbocycles. The van der Waals surface area contributed by atoms with Crippen molar-refractivity contribution in [2.75, 3.05) is 6.61 Å². The number of carbonyl (C=O) groups is 2. The van der Waals surface area contributed by atoms with Gasteiger partial charge in [-0.05, 0) is 43.9 Å². The fraction of sp³-hybridized carbons (Fsp3) is 0.429. The van der Waals surface area contributed by atoms with Crippen molar-refractivity contribution in [2.24, 2.45) is 0 Å². The minimum atomic E-state index is -1.18. The lowest BCUT2D eigenvalue weighted by molar-refractivity contribution is -0.152. The third-order valence-corrected chi connectivity index (χ3v) is 3.44. The van der Waals surface area contributed by atoms with Crippen LogP contribution in [0.3, 0.4) is 0 Å². The van der Waals surface area contributed by atoms with Crippen LogP contribution in [0.2, 0.25) is 0 Å². The van der Waals surface area contributed by atoms with Gasteiger partial charge in [0, 0.05) is 0 Å². The van der Waals surface area contributed by atoms with Crippen molar-refractivity contribution < 1.29 is 23.8 Å². The average molecular weight is 281 g/mol. The zero-order valence-electron chi connectivity index (χ0n) is 11.1. The SMILES string of the molecule is Cc1ccc(F)c(OCC(=O)NC2(C(=O)O)CCC2)c1. The molecule has 1 amide bonds. The molecule has 2 N–H and O–H groups in total. The predicted molar refractivity (Wildman–Crippen MR) is 69.0 cm³/mol. The van der Waals surface area contributed by atoms with E-state index in [1.807, 2.05) is 0 Å². The fourth-order valence-corrected chi connectivity index (χ4v) is 2.09. The molecule has 0 heterocycles. The lowest BCUT2D eigenvalue weighted by Crippen LogP contribution is -2.59.